The Morgan fingerprint density at radius 3 is 2.18 bits per heavy atom. The summed E-state index contributed by atoms with van der Waals surface area (Å²) in [6, 6.07) is 5.98. The SMILES string of the molecule is CC(=O)Oc1ccccc1C(=O)O.[CH2]C(C)C. The lowest BCUT2D eigenvalue weighted by Gasteiger charge is -2.03. The van der Waals surface area contributed by atoms with Gasteiger partial charge in [0.05, 0.1) is 0 Å². The minimum atomic E-state index is -1.11. The molecule has 0 atom stereocenters. The maximum atomic E-state index is 10.6. The molecule has 0 aliphatic heterocycles. The standard InChI is InChI=1S/C9H8O4.C4H9/c1-6(10)13-8-5-3-2-4-7(8)9(11)12;1-4(2)3/h2-5H,1H3,(H,11,12);4H,1H2,2-3H3. The van der Waals surface area contributed by atoms with E-state index in [0.29, 0.717) is 5.92 Å². The molecule has 4 nitrogen and oxygen atoms in total. The number of carbonyl (C=O) groups excluding carboxylic acids is 1. The maximum absolute atomic E-state index is 10.6. The van der Waals surface area contributed by atoms with Gasteiger partial charge in [0.1, 0.15) is 11.3 Å². The Morgan fingerprint density at radius 1 is 1.29 bits per heavy atom. The van der Waals surface area contributed by atoms with Gasteiger partial charge in [-0.3, -0.25) is 4.79 Å². The van der Waals surface area contributed by atoms with Crippen LogP contribution in [0.4, 0.5) is 0 Å². The smallest absolute Gasteiger partial charge is 0.339 e. The minimum Gasteiger partial charge on any atom is -0.478 e. The van der Waals surface area contributed by atoms with Crippen molar-refractivity contribution in [1.82, 2.24) is 0 Å². The highest BCUT2D eigenvalue weighted by atomic mass is 16.5. The first kappa shape index (κ1) is 15.2. The number of rotatable bonds is 2. The van der Waals surface area contributed by atoms with Crippen molar-refractivity contribution >= 4 is 11.9 Å². The summed E-state index contributed by atoms with van der Waals surface area (Å²) in [4.78, 5) is 21.2. The van der Waals surface area contributed by atoms with Crippen molar-refractivity contribution in [1.29, 1.82) is 0 Å². The topological polar surface area (TPSA) is 63.6 Å². The van der Waals surface area contributed by atoms with Gasteiger partial charge >= 0.3 is 11.9 Å². The number of esters is 1. The molecule has 4 heteroatoms. The second kappa shape index (κ2) is 7.44. The zero-order valence-corrected chi connectivity index (χ0v) is 10.3. The van der Waals surface area contributed by atoms with Gasteiger partial charge in [0, 0.05) is 6.92 Å². The van der Waals surface area contributed by atoms with E-state index in [2.05, 4.69) is 25.5 Å². The van der Waals surface area contributed by atoms with E-state index >= 15 is 0 Å². The van der Waals surface area contributed by atoms with E-state index in [4.69, 9.17) is 5.11 Å². The van der Waals surface area contributed by atoms with Crippen LogP contribution in [0.15, 0.2) is 24.3 Å². The highest BCUT2D eigenvalue weighted by Crippen LogP contribution is 2.17. The number of carbonyl (C=O) groups is 2. The first-order valence-corrected chi connectivity index (χ1v) is 5.18. The molecule has 1 aromatic carbocycles. The molecular weight excluding hydrogens is 220 g/mol. The summed E-state index contributed by atoms with van der Waals surface area (Å²) in [5.74, 6) is -0.993. The second-order valence-corrected chi connectivity index (χ2v) is 3.79. The molecule has 17 heavy (non-hydrogen) atoms. The number of benzene rings is 1. The molecular formula is C13H17O4. The predicted octanol–water partition coefficient (Wildman–Crippen LogP) is 2.79. The number of ether oxygens (including phenoxy) is 1. The van der Waals surface area contributed by atoms with E-state index in [1.165, 1.54) is 19.1 Å². The number of hydrogen-bond donors (Lipinski definition) is 1. The summed E-state index contributed by atoms with van der Waals surface area (Å²) in [5.41, 5.74) is -0.0160. The third kappa shape index (κ3) is 7.11. The quantitative estimate of drug-likeness (QED) is 0.634. The van der Waals surface area contributed by atoms with Gasteiger partial charge in [0.15, 0.2) is 0 Å². The maximum Gasteiger partial charge on any atom is 0.339 e. The Bertz CT molecular complexity index is 380. The van der Waals surface area contributed by atoms with Crippen molar-refractivity contribution < 1.29 is 19.4 Å². The van der Waals surface area contributed by atoms with Crippen LogP contribution in [-0.2, 0) is 4.79 Å². The average molecular weight is 237 g/mol. The van der Waals surface area contributed by atoms with E-state index in [1.807, 2.05) is 0 Å². The minimum absolute atomic E-state index is 0.0160. The third-order valence-electron chi connectivity index (χ3n) is 1.37. The molecule has 0 fully saturated rings. The fourth-order valence-electron chi connectivity index (χ4n) is 0.887. The molecule has 0 bridgehead atoms. The van der Waals surface area contributed by atoms with Crippen LogP contribution in [0.25, 0.3) is 0 Å². The van der Waals surface area contributed by atoms with Crippen LogP contribution in [-0.4, -0.2) is 17.0 Å². The van der Waals surface area contributed by atoms with Crippen molar-refractivity contribution in [3.05, 3.63) is 36.8 Å². The lowest BCUT2D eigenvalue weighted by Crippen LogP contribution is -2.06. The van der Waals surface area contributed by atoms with Crippen LogP contribution < -0.4 is 4.74 Å². The molecule has 0 amide bonds. The van der Waals surface area contributed by atoms with Crippen molar-refractivity contribution in [2.75, 3.05) is 0 Å². The van der Waals surface area contributed by atoms with Crippen LogP contribution in [0.2, 0.25) is 0 Å². The van der Waals surface area contributed by atoms with Gasteiger partial charge in [-0.1, -0.05) is 32.9 Å². The monoisotopic (exact) mass is 237 g/mol. The van der Waals surface area contributed by atoms with Gasteiger partial charge in [-0.2, -0.15) is 0 Å². The van der Waals surface area contributed by atoms with E-state index in [0.717, 1.165) is 0 Å². The average Bonchev–Trinajstić information content (AvgIpc) is 2.16. The van der Waals surface area contributed by atoms with Crippen molar-refractivity contribution in [2.24, 2.45) is 5.92 Å². The first-order chi connectivity index (χ1) is 7.84. The summed E-state index contributed by atoms with van der Waals surface area (Å²) in [7, 11) is 0. The largest absolute Gasteiger partial charge is 0.478 e. The number of para-hydroxylation sites is 1. The normalized spacial score (nSPS) is 9.24. The van der Waals surface area contributed by atoms with Gasteiger partial charge in [-0.25, -0.2) is 4.79 Å². The molecule has 0 unspecified atom stereocenters. The molecule has 1 rings (SSSR count). The number of hydrogen-bond acceptors (Lipinski definition) is 3. The summed E-state index contributed by atoms with van der Waals surface area (Å²) >= 11 is 0. The van der Waals surface area contributed by atoms with E-state index in [1.54, 1.807) is 12.1 Å². The van der Waals surface area contributed by atoms with Gasteiger partial charge in [0.2, 0.25) is 0 Å². The highest BCUT2D eigenvalue weighted by molar-refractivity contribution is 5.91. The van der Waals surface area contributed by atoms with Crippen molar-refractivity contribution in [3.63, 3.8) is 0 Å². The number of aromatic carboxylic acids is 1. The van der Waals surface area contributed by atoms with Gasteiger partial charge in [-0.15, -0.1) is 0 Å². The molecule has 0 aromatic heterocycles. The van der Waals surface area contributed by atoms with Crippen LogP contribution in [0, 0.1) is 12.8 Å². The third-order valence-corrected chi connectivity index (χ3v) is 1.37. The number of carboxylic acids is 1. The number of carboxylic acid groups (broad SMARTS) is 1. The highest BCUT2D eigenvalue weighted by Gasteiger charge is 2.10. The molecule has 1 N–H and O–H groups in total. The fraction of sp³-hybridized carbons (Fsp3) is 0.308. The summed E-state index contributed by atoms with van der Waals surface area (Å²) in [5, 5.41) is 8.69. The lowest BCUT2D eigenvalue weighted by molar-refractivity contribution is -0.131. The summed E-state index contributed by atoms with van der Waals surface area (Å²) < 4.78 is 4.69. The van der Waals surface area contributed by atoms with E-state index < -0.39 is 11.9 Å². The fourth-order valence-corrected chi connectivity index (χ4v) is 0.887. The predicted molar refractivity (Wildman–Crippen MR) is 64.9 cm³/mol. The van der Waals surface area contributed by atoms with Gasteiger partial charge < -0.3 is 9.84 Å². The second-order valence-electron chi connectivity index (χ2n) is 3.79. The molecule has 1 radical (unpaired) electrons. The Labute approximate surface area is 101 Å². The van der Waals surface area contributed by atoms with Gasteiger partial charge in [0.25, 0.3) is 0 Å². The Morgan fingerprint density at radius 2 is 1.76 bits per heavy atom. The van der Waals surface area contributed by atoms with Crippen molar-refractivity contribution in [2.45, 2.75) is 20.8 Å². The Balaban J connectivity index is 0.000000557. The zero-order valence-electron chi connectivity index (χ0n) is 10.3. The van der Waals surface area contributed by atoms with Crippen LogP contribution in [0.1, 0.15) is 31.1 Å². The lowest BCUT2D eigenvalue weighted by atomic mass is 10.2. The van der Waals surface area contributed by atoms with Crippen LogP contribution >= 0.6 is 0 Å². The summed E-state index contributed by atoms with van der Waals surface area (Å²) in [6.45, 7) is 8.97. The van der Waals surface area contributed by atoms with Crippen LogP contribution in [0.3, 0.4) is 0 Å². The summed E-state index contributed by atoms with van der Waals surface area (Å²) in [6.07, 6.45) is 0. The van der Waals surface area contributed by atoms with Gasteiger partial charge in [-0.05, 0) is 18.1 Å². The van der Waals surface area contributed by atoms with Crippen molar-refractivity contribution in [3.8, 4) is 5.75 Å². The molecule has 0 spiro atoms. The molecule has 1 aromatic rings. The molecule has 0 saturated heterocycles. The van der Waals surface area contributed by atoms with E-state index in [9.17, 15) is 9.59 Å². The first-order valence-electron chi connectivity index (χ1n) is 5.18. The molecule has 0 heterocycles. The zero-order chi connectivity index (χ0) is 13.4. The molecule has 93 valence electrons. The molecule has 0 aliphatic carbocycles. The Kier molecular flexibility index (Phi) is 6.63. The molecule has 0 saturated carbocycles. The van der Waals surface area contributed by atoms with Crippen LogP contribution in [0.5, 0.6) is 5.75 Å². The molecule has 0 aliphatic rings. The Hall–Kier alpha value is -1.84. The van der Waals surface area contributed by atoms with E-state index in [-0.39, 0.29) is 11.3 Å².